The Balaban J connectivity index is 2.32. The van der Waals surface area contributed by atoms with Crippen LogP contribution < -0.4 is 0 Å². The molecular formula is C12H14N2O3. The van der Waals surface area contributed by atoms with Gasteiger partial charge in [0.1, 0.15) is 0 Å². The van der Waals surface area contributed by atoms with Crippen molar-refractivity contribution in [2.24, 2.45) is 5.16 Å². The fourth-order valence-corrected chi connectivity index (χ4v) is 2.00. The predicted octanol–water partition coefficient (Wildman–Crippen LogP) is 1.92. The minimum Gasteiger partial charge on any atom is -0.465 e. The molecule has 0 aromatic heterocycles. The average Bonchev–Trinajstić information content (AvgIpc) is 2.36. The van der Waals surface area contributed by atoms with Crippen LogP contribution in [0.15, 0.2) is 23.4 Å². The fraction of sp³-hybridized carbons (Fsp3) is 0.333. The molecule has 1 aliphatic rings. The maximum atomic E-state index is 10.9. The molecule has 5 nitrogen and oxygen atoms in total. The zero-order valence-electron chi connectivity index (χ0n) is 9.55. The summed E-state index contributed by atoms with van der Waals surface area (Å²) in [6.07, 6.45) is -0.161. The highest BCUT2D eigenvalue weighted by Crippen LogP contribution is 2.20. The number of oxime groups is 1. The van der Waals surface area contributed by atoms with E-state index in [0.29, 0.717) is 18.8 Å². The summed E-state index contributed by atoms with van der Waals surface area (Å²) in [5.41, 5.74) is 3.50. The second-order valence-electron chi connectivity index (χ2n) is 4.12. The van der Waals surface area contributed by atoms with Gasteiger partial charge < -0.3 is 15.2 Å². The lowest BCUT2D eigenvalue weighted by atomic mass is 9.96. The molecule has 0 saturated carbocycles. The highest BCUT2D eigenvalue weighted by atomic mass is 16.4. The number of rotatable bonds is 1. The van der Waals surface area contributed by atoms with Gasteiger partial charge in [0.25, 0.3) is 0 Å². The van der Waals surface area contributed by atoms with Gasteiger partial charge in [-0.25, -0.2) is 4.79 Å². The number of hydrogen-bond acceptors (Lipinski definition) is 3. The van der Waals surface area contributed by atoms with Crippen LogP contribution in [0.2, 0.25) is 0 Å². The maximum Gasteiger partial charge on any atom is 0.407 e. The number of hydrogen-bond donors (Lipinski definition) is 2. The minimum absolute atomic E-state index is 0.400. The maximum absolute atomic E-state index is 10.9. The number of carbonyl (C=O) groups is 1. The first kappa shape index (κ1) is 11.4. The third-order valence-electron chi connectivity index (χ3n) is 3.06. The highest BCUT2D eigenvalue weighted by Gasteiger charge is 2.20. The van der Waals surface area contributed by atoms with Crippen molar-refractivity contribution < 1.29 is 15.1 Å². The SMILES string of the molecule is CC(=NO)c1ccc2c(c1)CN(C(=O)O)CC2. The molecule has 1 heterocycles. The van der Waals surface area contributed by atoms with Crippen LogP contribution in [-0.4, -0.2) is 33.6 Å². The zero-order chi connectivity index (χ0) is 12.4. The van der Waals surface area contributed by atoms with Gasteiger partial charge in [-0.3, -0.25) is 0 Å². The summed E-state index contributed by atoms with van der Waals surface area (Å²) in [6, 6.07) is 5.75. The van der Waals surface area contributed by atoms with Gasteiger partial charge in [-0.1, -0.05) is 17.3 Å². The molecular weight excluding hydrogens is 220 g/mol. The van der Waals surface area contributed by atoms with Gasteiger partial charge in [0.15, 0.2) is 0 Å². The summed E-state index contributed by atoms with van der Waals surface area (Å²) in [5, 5.41) is 20.8. The van der Waals surface area contributed by atoms with E-state index >= 15 is 0 Å². The summed E-state index contributed by atoms with van der Waals surface area (Å²) >= 11 is 0. The first-order chi connectivity index (χ1) is 8.11. The Bertz CT molecular complexity index is 483. The number of fused-ring (bicyclic) bond motifs is 1. The molecule has 1 aliphatic heterocycles. The van der Waals surface area contributed by atoms with Crippen molar-refractivity contribution in [3.63, 3.8) is 0 Å². The molecule has 17 heavy (non-hydrogen) atoms. The lowest BCUT2D eigenvalue weighted by Gasteiger charge is -2.26. The third-order valence-corrected chi connectivity index (χ3v) is 3.06. The Labute approximate surface area is 99.0 Å². The Morgan fingerprint density at radius 1 is 1.41 bits per heavy atom. The van der Waals surface area contributed by atoms with Crippen molar-refractivity contribution in [1.82, 2.24) is 4.90 Å². The van der Waals surface area contributed by atoms with Gasteiger partial charge in [-0.2, -0.15) is 0 Å². The second-order valence-corrected chi connectivity index (χ2v) is 4.12. The molecule has 1 aromatic carbocycles. The van der Waals surface area contributed by atoms with Crippen molar-refractivity contribution in [1.29, 1.82) is 0 Å². The number of amides is 1. The molecule has 0 unspecified atom stereocenters. The topological polar surface area (TPSA) is 73.1 Å². The summed E-state index contributed by atoms with van der Waals surface area (Å²) < 4.78 is 0. The Kier molecular flexibility index (Phi) is 2.99. The Morgan fingerprint density at radius 2 is 2.18 bits per heavy atom. The highest BCUT2D eigenvalue weighted by molar-refractivity contribution is 5.98. The summed E-state index contributed by atoms with van der Waals surface area (Å²) in [4.78, 5) is 12.3. The van der Waals surface area contributed by atoms with E-state index in [4.69, 9.17) is 10.3 Å². The molecule has 0 atom stereocenters. The molecule has 1 aromatic rings. The van der Waals surface area contributed by atoms with E-state index in [1.165, 1.54) is 4.90 Å². The summed E-state index contributed by atoms with van der Waals surface area (Å²) in [7, 11) is 0. The van der Waals surface area contributed by atoms with Crippen LogP contribution in [-0.2, 0) is 13.0 Å². The molecule has 0 spiro atoms. The van der Waals surface area contributed by atoms with Gasteiger partial charge in [0.05, 0.1) is 5.71 Å². The lowest BCUT2D eigenvalue weighted by Crippen LogP contribution is -2.34. The normalized spacial score (nSPS) is 15.6. The molecule has 0 aliphatic carbocycles. The van der Waals surface area contributed by atoms with Gasteiger partial charge in [-0.05, 0) is 36.1 Å². The molecule has 90 valence electrons. The average molecular weight is 234 g/mol. The Morgan fingerprint density at radius 3 is 2.82 bits per heavy atom. The van der Waals surface area contributed by atoms with Crippen molar-refractivity contribution >= 4 is 11.8 Å². The van der Waals surface area contributed by atoms with E-state index in [1.807, 2.05) is 18.2 Å². The van der Waals surface area contributed by atoms with Crippen molar-refractivity contribution in [3.8, 4) is 0 Å². The van der Waals surface area contributed by atoms with Gasteiger partial charge in [-0.15, -0.1) is 0 Å². The first-order valence-electron chi connectivity index (χ1n) is 5.40. The molecule has 5 heteroatoms. The minimum atomic E-state index is -0.895. The van der Waals surface area contributed by atoms with Gasteiger partial charge >= 0.3 is 6.09 Å². The quantitative estimate of drug-likeness (QED) is 0.443. The summed E-state index contributed by atoms with van der Waals surface area (Å²) in [6.45, 7) is 2.64. The second kappa shape index (κ2) is 4.45. The van der Waals surface area contributed by atoms with E-state index in [1.54, 1.807) is 6.92 Å². The van der Waals surface area contributed by atoms with Crippen molar-refractivity contribution in [3.05, 3.63) is 34.9 Å². The molecule has 2 N–H and O–H groups in total. The van der Waals surface area contributed by atoms with Crippen LogP contribution >= 0.6 is 0 Å². The molecule has 0 radical (unpaired) electrons. The van der Waals surface area contributed by atoms with Crippen molar-refractivity contribution in [2.45, 2.75) is 19.9 Å². The lowest BCUT2D eigenvalue weighted by molar-refractivity contribution is 0.140. The van der Waals surface area contributed by atoms with Gasteiger partial charge in [0, 0.05) is 13.1 Å². The van der Waals surface area contributed by atoms with E-state index in [2.05, 4.69) is 5.16 Å². The third kappa shape index (κ3) is 2.22. The molecule has 0 bridgehead atoms. The van der Waals surface area contributed by atoms with Crippen LogP contribution in [0.5, 0.6) is 0 Å². The fourth-order valence-electron chi connectivity index (χ4n) is 2.00. The monoisotopic (exact) mass is 234 g/mol. The smallest absolute Gasteiger partial charge is 0.407 e. The first-order valence-corrected chi connectivity index (χ1v) is 5.40. The zero-order valence-corrected chi connectivity index (χ0v) is 9.55. The van der Waals surface area contributed by atoms with Gasteiger partial charge in [0.2, 0.25) is 0 Å². The van der Waals surface area contributed by atoms with Crippen LogP contribution in [0, 0.1) is 0 Å². The van der Waals surface area contributed by atoms with Crippen LogP contribution in [0.3, 0.4) is 0 Å². The summed E-state index contributed by atoms with van der Waals surface area (Å²) in [5.74, 6) is 0. The predicted molar refractivity (Wildman–Crippen MR) is 62.6 cm³/mol. The van der Waals surface area contributed by atoms with E-state index in [0.717, 1.165) is 23.1 Å². The van der Waals surface area contributed by atoms with E-state index in [9.17, 15) is 4.79 Å². The standard InChI is InChI=1S/C12H14N2O3/c1-8(13-17)10-3-2-9-4-5-14(12(15)16)7-11(9)6-10/h2-3,6,17H,4-5,7H2,1H3,(H,15,16). The molecule has 1 amide bonds. The molecule has 0 fully saturated rings. The number of nitrogens with zero attached hydrogens (tertiary/aromatic N) is 2. The van der Waals surface area contributed by atoms with Crippen LogP contribution in [0.4, 0.5) is 4.79 Å². The van der Waals surface area contributed by atoms with Crippen molar-refractivity contribution in [2.75, 3.05) is 6.54 Å². The Hall–Kier alpha value is -2.04. The van der Waals surface area contributed by atoms with Crippen LogP contribution in [0.25, 0.3) is 0 Å². The van der Waals surface area contributed by atoms with E-state index in [-0.39, 0.29) is 0 Å². The molecule has 0 saturated heterocycles. The van der Waals surface area contributed by atoms with Crippen LogP contribution in [0.1, 0.15) is 23.6 Å². The van der Waals surface area contributed by atoms with E-state index < -0.39 is 6.09 Å². The number of carboxylic acid groups (broad SMARTS) is 1. The largest absolute Gasteiger partial charge is 0.465 e. The molecule has 2 rings (SSSR count). The number of benzene rings is 1.